The fourth-order valence-electron chi connectivity index (χ4n) is 2.73. The topological polar surface area (TPSA) is 120 Å². The number of hydrogen-bond donors (Lipinski definition) is 3. The minimum atomic E-state index is -0.641. The maximum absolute atomic E-state index is 9.13. The monoisotopic (exact) mass is 342 g/mol. The molecular weight excluding hydrogens is 324 g/mol. The number of nitrogens with one attached hydrogen (secondary N) is 1. The Morgan fingerprint density at radius 2 is 2.12 bits per heavy atom. The van der Waals surface area contributed by atoms with Gasteiger partial charge in [0.05, 0.1) is 19.5 Å². The number of nitrogens with two attached hydrogens (primary N) is 1. The minimum absolute atomic E-state index is 0.141. The summed E-state index contributed by atoms with van der Waals surface area (Å²) in [5, 5.41) is 12.4. The van der Waals surface area contributed by atoms with E-state index in [0.717, 1.165) is 5.56 Å². The number of anilines is 2. The molecule has 0 saturated carbocycles. The van der Waals surface area contributed by atoms with Crippen molar-refractivity contribution in [3.63, 3.8) is 0 Å². The third-order valence-corrected chi connectivity index (χ3v) is 3.93. The van der Waals surface area contributed by atoms with Crippen LogP contribution in [0.5, 0.6) is 0 Å². The van der Waals surface area contributed by atoms with Gasteiger partial charge in [0, 0.05) is 6.54 Å². The van der Waals surface area contributed by atoms with Gasteiger partial charge in [0.25, 0.3) is 0 Å². The average Bonchev–Trinajstić information content (AvgIpc) is 3.26. The number of rotatable bonds is 5. The van der Waals surface area contributed by atoms with Crippen molar-refractivity contribution in [1.82, 2.24) is 19.5 Å². The molecule has 0 spiro atoms. The minimum Gasteiger partial charge on any atom is -0.391 e. The van der Waals surface area contributed by atoms with Gasteiger partial charge in [0.2, 0.25) is 5.95 Å². The van der Waals surface area contributed by atoms with Gasteiger partial charge in [0.1, 0.15) is 0 Å². The van der Waals surface area contributed by atoms with E-state index in [-0.39, 0.29) is 12.6 Å². The van der Waals surface area contributed by atoms with Crippen molar-refractivity contribution in [3.8, 4) is 0 Å². The summed E-state index contributed by atoms with van der Waals surface area (Å²) in [4.78, 5) is 12.9. The molecule has 0 amide bonds. The molecule has 1 fully saturated rings. The molecule has 0 aliphatic carbocycles. The summed E-state index contributed by atoms with van der Waals surface area (Å²) in [6, 6.07) is 9.96. The van der Waals surface area contributed by atoms with Crippen molar-refractivity contribution in [2.75, 3.05) is 24.3 Å². The number of nitrogen functional groups attached to an aromatic ring is 1. The standard InChI is InChI=1S/C16H18N6O3/c17-16-20-14(18-6-10-4-2-1-3-5-10)13-15(21-16)22(9-19-13)11-8-24-12(7-23)25-11/h1-5,9,11-12,23H,6-8H2,(H3,17,18,20,21)/t11-,12-/m1/s1. The van der Waals surface area contributed by atoms with Crippen LogP contribution in [0.2, 0.25) is 0 Å². The van der Waals surface area contributed by atoms with E-state index in [4.69, 9.17) is 20.3 Å². The highest BCUT2D eigenvalue weighted by molar-refractivity contribution is 5.84. The Kier molecular flexibility index (Phi) is 4.18. The second-order valence-electron chi connectivity index (χ2n) is 5.63. The van der Waals surface area contributed by atoms with Gasteiger partial charge < -0.3 is 25.6 Å². The second kappa shape index (κ2) is 6.63. The van der Waals surface area contributed by atoms with Crippen LogP contribution in [0, 0.1) is 0 Å². The van der Waals surface area contributed by atoms with Gasteiger partial charge in [-0.05, 0) is 5.56 Å². The number of fused-ring (bicyclic) bond motifs is 1. The third-order valence-electron chi connectivity index (χ3n) is 3.93. The first kappa shape index (κ1) is 15.8. The van der Waals surface area contributed by atoms with Crippen LogP contribution in [-0.2, 0) is 16.0 Å². The van der Waals surface area contributed by atoms with Crippen molar-refractivity contribution in [3.05, 3.63) is 42.2 Å². The number of aliphatic hydroxyl groups is 1. The van der Waals surface area contributed by atoms with E-state index in [9.17, 15) is 0 Å². The number of hydrogen-bond acceptors (Lipinski definition) is 8. The summed E-state index contributed by atoms with van der Waals surface area (Å²) in [6.45, 7) is 0.687. The number of ether oxygens (including phenoxy) is 2. The lowest BCUT2D eigenvalue weighted by Gasteiger charge is -2.12. The molecule has 2 aromatic heterocycles. The van der Waals surface area contributed by atoms with Crippen molar-refractivity contribution in [1.29, 1.82) is 0 Å². The summed E-state index contributed by atoms with van der Waals surface area (Å²) in [7, 11) is 0. The van der Waals surface area contributed by atoms with E-state index < -0.39 is 12.5 Å². The average molecular weight is 342 g/mol. The van der Waals surface area contributed by atoms with Crippen molar-refractivity contribution >= 4 is 22.9 Å². The number of aromatic nitrogens is 4. The van der Waals surface area contributed by atoms with E-state index in [1.165, 1.54) is 0 Å². The van der Waals surface area contributed by atoms with E-state index in [2.05, 4.69) is 20.3 Å². The molecule has 1 aliphatic rings. The lowest BCUT2D eigenvalue weighted by atomic mass is 10.2. The van der Waals surface area contributed by atoms with Crippen LogP contribution in [0.1, 0.15) is 11.8 Å². The number of nitrogens with zero attached hydrogens (tertiary/aromatic N) is 4. The molecule has 0 radical (unpaired) electrons. The summed E-state index contributed by atoms with van der Waals surface area (Å²) in [6.07, 6.45) is 0.552. The van der Waals surface area contributed by atoms with Gasteiger partial charge >= 0.3 is 0 Å². The third kappa shape index (κ3) is 3.12. The molecule has 4 N–H and O–H groups in total. The molecule has 9 heteroatoms. The van der Waals surface area contributed by atoms with Crippen LogP contribution >= 0.6 is 0 Å². The SMILES string of the molecule is Nc1nc(NCc2ccccc2)c2ncn([C@H]3CO[C@@H](CO)O3)c2n1. The van der Waals surface area contributed by atoms with Crippen LogP contribution in [-0.4, -0.2) is 44.1 Å². The second-order valence-corrected chi connectivity index (χ2v) is 5.63. The Morgan fingerprint density at radius 3 is 2.88 bits per heavy atom. The highest BCUT2D eigenvalue weighted by Crippen LogP contribution is 2.27. The van der Waals surface area contributed by atoms with Crippen molar-refractivity contribution < 1.29 is 14.6 Å². The fraction of sp³-hybridized carbons (Fsp3) is 0.312. The van der Waals surface area contributed by atoms with Crippen LogP contribution in [0.15, 0.2) is 36.7 Å². The van der Waals surface area contributed by atoms with Crippen molar-refractivity contribution in [2.45, 2.75) is 19.1 Å². The molecule has 1 aliphatic heterocycles. The number of aliphatic hydroxyl groups excluding tert-OH is 1. The van der Waals surface area contributed by atoms with Gasteiger partial charge in [0.15, 0.2) is 29.5 Å². The zero-order chi connectivity index (χ0) is 17.2. The Balaban J connectivity index is 1.62. The molecule has 4 rings (SSSR count). The molecule has 1 aromatic carbocycles. The van der Waals surface area contributed by atoms with E-state index in [1.807, 2.05) is 30.3 Å². The maximum Gasteiger partial charge on any atom is 0.224 e. The molecule has 2 atom stereocenters. The summed E-state index contributed by atoms with van der Waals surface area (Å²) < 4.78 is 12.7. The normalized spacial score (nSPS) is 20.2. The van der Waals surface area contributed by atoms with Crippen LogP contribution in [0.4, 0.5) is 11.8 Å². The maximum atomic E-state index is 9.13. The molecule has 0 unspecified atom stereocenters. The molecule has 25 heavy (non-hydrogen) atoms. The smallest absolute Gasteiger partial charge is 0.224 e. The zero-order valence-electron chi connectivity index (χ0n) is 13.4. The van der Waals surface area contributed by atoms with Crippen molar-refractivity contribution in [2.24, 2.45) is 0 Å². The Hall–Kier alpha value is -2.75. The molecule has 130 valence electrons. The largest absolute Gasteiger partial charge is 0.391 e. The lowest BCUT2D eigenvalue weighted by molar-refractivity contribution is -0.0980. The molecule has 0 bridgehead atoms. The first-order valence-electron chi connectivity index (χ1n) is 7.90. The summed E-state index contributed by atoms with van der Waals surface area (Å²) in [5.41, 5.74) is 8.12. The summed E-state index contributed by atoms with van der Waals surface area (Å²) >= 11 is 0. The van der Waals surface area contributed by atoms with Crippen LogP contribution in [0.25, 0.3) is 11.2 Å². The molecule has 3 aromatic rings. The Bertz CT molecular complexity index is 869. The fourth-order valence-corrected chi connectivity index (χ4v) is 2.73. The first-order chi connectivity index (χ1) is 12.2. The van der Waals surface area contributed by atoms with Gasteiger partial charge in [-0.25, -0.2) is 4.98 Å². The van der Waals surface area contributed by atoms with Gasteiger partial charge in [-0.1, -0.05) is 30.3 Å². The Labute approximate surface area is 143 Å². The predicted molar refractivity (Wildman–Crippen MR) is 90.5 cm³/mol. The molecule has 3 heterocycles. The molecular formula is C16H18N6O3. The zero-order valence-corrected chi connectivity index (χ0v) is 13.4. The predicted octanol–water partition coefficient (Wildman–Crippen LogP) is 0.884. The van der Waals surface area contributed by atoms with E-state index in [0.29, 0.717) is 30.1 Å². The number of benzene rings is 1. The van der Waals surface area contributed by atoms with Gasteiger partial charge in [-0.15, -0.1) is 0 Å². The van der Waals surface area contributed by atoms with E-state index >= 15 is 0 Å². The molecule has 9 nitrogen and oxygen atoms in total. The van der Waals surface area contributed by atoms with Gasteiger partial charge in [-0.2, -0.15) is 9.97 Å². The lowest BCUT2D eigenvalue weighted by Crippen LogP contribution is -2.15. The quantitative estimate of drug-likeness (QED) is 0.625. The van der Waals surface area contributed by atoms with Gasteiger partial charge in [-0.3, -0.25) is 4.57 Å². The van der Waals surface area contributed by atoms with Crippen LogP contribution in [0.3, 0.4) is 0 Å². The first-order valence-corrected chi connectivity index (χ1v) is 7.90. The highest BCUT2D eigenvalue weighted by Gasteiger charge is 2.28. The van der Waals surface area contributed by atoms with Crippen LogP contribution < -0.4 is 11.1 Å². The Morgan fingerprint density at radius 1 is 1.28 bits per heavy atom. The molecule has 1 saturated heterocycles. The highest BCUT2D eigenvalue weighted by atomic mass is 16.7. The number of imidazole rings is 1. The summed E-state index contributed by atoms with van der Waals surface area (Å²) in [5.74, 6) is 0.699. The van der Waals surface area contributed by atoms with E-state index in [1.54, 1.807) is 10.9 Å².